The molecule has 1 saturated carbocycles. The Hall–Kier alpha value is -0.950. The summed E-state index contributed by atoms with van der Waals surface area (Å²) in [5.41, 5.74) is 0.0992. The fourth-order valence-electron chi connectivity index (χ4n) is 6.56. The fourth-order valence-corrected chi connectivity index (χ4v) is 6.56. The van der Waals surface area contributed by atoms with E-state index >= 15 is 0 Å². The van der Waals surface area contributed by atoms with Crippen molar-refractivity contribution in [2.24, 2.45) is 23.7 Å². The molecule has 0 spiro atoms. The number of hydrogen-bond acceptors (Lipinski definition) is 5. The van der Waals surface area contributed by atoms with Gasteiger partial charge in [0.2, 0.25) is 0 Å². The molecule has 3 rings (SSSR count). The van der Waals surface area contributed by atoms with Gasteiger partial charge in [-0.2, -0.15) is 0 Å². The van der Waals surface area contributed by atoms with Gasteiger partial charge in [-0.15, -0.1) is 0 Å². The topological polar surface area (TPSA) is 96.2 Å². The van der Waals surface area contributed by atoms with Crippen LogP contribution in [0.4, 0.5) is 0 Å². The minimum Gasteiger partial charge on any atom is -0.481 e. The number of carboxylic acids is 1. The van der Waals surface area contributed by atoms with Gasteiger partial charge in [-0.25, -0.2) is 9.78 Å². The Balaban J connectivity index is 1.38. The molecule has 0 amide bonds. The minimum absolute atomic E-state index is 0.0417. The summed E-state index contributed by atoms with van der Waals surface area (Å²) < 4.78 is 0. The van der Waals surface area contributed by atoms with Crippen LogP contribution in [0.3, 0.4) is 0 Å². The monoisotopic (exact) mass is 424 g/mol. The second kappa shape index (κ2) is 9.27. The Morgan fingerprint density at radius 2 is 1.77 bits per heavy atom. The number of carboxylic acid groups (broad SMARTS) is 1. The molecule has 0 aromatic carbocycles. The van der Waals surface area contributed by atoms with Gasteiger partial charge in [-0.05, 0) is 57.3 Å². The Bertz CT molecular complexity index is 648. The molecule has 1 heterocycles. The van der Waals surface area contributed by atoms with Gasteiger partial charge in [0.15, 0.2) is 0 Å². The van der Waals surface area contributed by atoms with Gasteiger partial charge in [0.05, 0.1) is 18.6 Å². The van der Waals surface area contributed by atoms with Gasteiger partial charge in [0.1, 0.15) is 11.2 Å². The number of allylic oxidation sites excluding steroid dienone is 1. The molecule has 2 aliphatic carbocycles. The molecule has 0 aromatic heterocycles. The predicted molar refractivity (Wildman–Crippen MR) is 114 cm³/mol. The summed E-state index contributed by atoms with van der Waals surface area (Å²) in [5.74, 6) is 0.926. The molecule has 1 aliphatic heterocycles. The van der Waals surface area contributed by atoms with Crippen LogP contribution >= 0.6 is 0 Å². The third-order valence-electron chi connectivity index (χ3n) is 7.81. The van der Waals surface area contributed by atoms with Crippen LogP contribution in [-0.2, 0) is 14.6 Å². The predicted octanol–water partition coefficient (Wildman–Crippen LogP) is 4.24. The summed E-state index contributed by atoms with van der Waals surface area (Å²) in [6.07, 6.45) is 8.60. The van der Waals surface area contributed by atoms with E-state index in [-0.39, 0.29) is 12.3 Å². The number of aliphatic carboxylic acids is 1. The van der Waals surface area contributed by atoms with Crippen LogP contribution in [0.2, 0.25) is 0 Å². The van der Waals surface area contributed by atoms with Gasteiger partial charge in [0.25, 0.3) is 0 Å². The summed E-state index contributed by atoms with van der Waals surface area (Å²) in [6.45, 7) is 8.14. The lowest BCUT2D eigenvalue weighted by Gasteiger charge is -2.57. The van der Waals surface area contributed by atoms with Crippen molar-refractivity contribution in [3.05, 3.63) is 11.6 Å². The molecular weight excluding hydrogens is 384 g/mol. The van der Waals surface area contributed by atoms with Gasteiger partial charge in [-0.1, -0.05) is 50.7 Å². The smallest absolute Gasteiger partial charge is 0.306 e. The average molecular weight is 425 g/mol. The molecule has 172 valence electrons. The molecule has 3 N–H and O–H groups in total. The Labute approximate surface area is 180 Å². The zero-order chi connectivity index (χ0) is 22.1. The number of carbonyl (C=O) groups is 1. The van der Waals surface area contributed by atoms with Crippen molar-refractivity contribution in [3.8, 4) is 0 Å². The van der Waals surface area contributed by atoms with E-state index < -0.39 is 29.4 Å². The third kappa shape index (κ3) is 4.93. The van der Waals surface area contributed by atoms with E-state index in [1.54, 1.807) is 6.92 Å². The van der Waals surface area contributed by atoms with Crippen molar-refractivity contribution in [3.63, 3.8) is 0 Å². The zero-order valence-corrected chi connectivity index (χ0v) is 19.0. The van der Waals surface area contributed by atoms with Crippen molar-refractivity contribution in [1.29, 1.82) is 0 Å². The molecular formula is C24H40O6. The highest BCUT2D eigenvalue weighted by Gasteiger charge is 2.55. The Kier molecular flexibility index (Phi) is 7.33. The van der Waals surface area contributed by atoms with Gasteiger partial charge in [0, 0.05) is 6.42 Å². The van der Waals surface area contributed by atoms with Gasteiger partial charge in [-0.3, -0.25) is 4.79 Å². The maximum absolute atomic E-state index is 11.0. The Morgan fingerprint density at radius 1 is 1.10 bits per heavy atom. The van der Waals surface area contributed by atoms with Crippen LogP contribution in [-0.4, -0.2) is 44.7 Å². The maximum atomic E-state index is 11.0. The van der Waals surface area contributed by atoms with E-state index in [1.165, 1.54) is 5.57 Å². The fraction of sp³-hybridized carbons (Fsp3) is 0.875. The first-order valence-electron chi connectivity index (χ1n) is 11.7. The van der Waals surface area contributed by atoms with Crippen LogP contribution in [0.1, 0.15) is 85.5 Å². The number of aliphatic hydroxyl groups excluding tert-OH is 2. The number of fused-ring (bicyclic) bond motifs is 1. The lowest BCUT2D eigenvalue weighted by atomic mass is 9.48. The van der Waals surface area contributed by atoms with Crippen LogP contribution in [0, 0.1) is 23.7 Å². The summed E-state index contributed by atoms with van der Waals surface area (Å²) >= 11 is 0. The van der Waals surface area contributed by atoms with Crippen LogP contribution in [0.25, 0.3) is 0 Å². The first-order chi connectivity index (χ1) is 14.1. The lowest BCUT2D eigenvalue weighted by molar-refractivity contribution is -0.345. The van der Waals surface area contributed by atoms with Crippen molar-refractivity contribution < 1.29 is 29.9 Å². The van der Waals surface area contributed by atoms with E-state index in [0.717, 1.165) is 44.9 Å². The summed E-state index contributed by atoms with van der Waals surface area (Å²) in [6, 6.07) is 0. The first-order valence-corrected chi connectivity index (χ1v) is 11.7. The highest BCUT2D eigenvalue weighted by Crippen LogP contribution is 2.57. The average Bonchev–Trinajstić information content (AvgIpc) is 2.92. The number of aliphatic hydroxyl groups is 2. The Morgan fingerprint density at radius 3 is 2.43 bits per heavy atom. The van der Waals surface area contributed by atoms with Crippen LogP contribution in [0.15, 0.2) is 11.6 Å². The highest BCUT2D eigenvalue weighted by atomic mass is 17.2. The molecule has 0 bridgehead atoms. The standard InChI is InChI=1S/C24H40O6/c1-5-16-17(21-20(16)15(2)12-18(25)22(21)28)10-8-6-7-9-11-23(3)14-24(4,30-29-23)13-19(26)27/h12,16-18,20-22,25,28H,5-11,13-14H2,1-4H3,(H,26,27). The normalized spacial score (nSPS) is 43.1. The van der Waals surface area contributed by atoms with Gasteiger partial charge < -0.3 is 15.3 Å². The summed E-state index contributed by atoms with van der Waals surface area (Å²) in [7, 11) is 0. The number of hydrogen-bond donors (Lipinski definition) is 3. The molecule has 3 aliphatic rings. The summed E-state index contributed by atoms with van der Waals surface area (Å²) in [4.78, 5) is 21.9. The first kappa shape index (κ1) is 23.7. The van der Waals surface area contributed by atoms with Crippen LogP contribution < -0.4 is 0 Å². The highest BCUT2D eigenvalue weighted by molar-refractivity contribution is 5.68. The van der Waals surface area contributed by atoms with E-state index in [0.29, 0.717) is 24.2 Å². The second-order valence-electron chi connectivity index (χ2n) is 10.5. The van der Waals surface area contributed by atoms with E-state index in [2.05, 4.69) is 13.8 Å². The van der Waals surface area contributed by atoms with E-state index in [9.17, 15) is 15.0 Å². The second-order valence-corrected chi connectivity index (χ2v) is 10.5. The zero-order valence-electron chi connectivity index (χ0n) is 19.0. The largest absolute Gasteiger partial charge is 0.481 e. The lowest BCUT2D eigenvalue weighted by Crippen LogP contribution is -2.57. The molecule has 8 unspecified atom stereocenters. The minimum atomic E-state index is -0.866. The van der Waals surface area contributed by atoms with Gasteiger partial charge >= 0.3 is 5.97 Å². The summed E-state index contributed by atoms with van der Waals surface area (Å²) in [5, 5.41) is 29.7. The SMILES string of the molecule is CCC1C(CCCCCCC2(C)CC(C)(CC(=O)O)OO2)C2C(O)C(O)C=C(C)C12. The van der Waals surface area contributed by atoms with E-state index in [1.807, 2.05) is 13.0 Å². The maximum Gasteiger partial charge on any atom is 0.306 e. The van der Waals surface area contributed by atoms with Crippen LogP contribution in [0.5, 0.6) is 0 Å². The molecule has 2 fully saturated rings. The molecule has 6 heteroatoms. The molecule has 30 heavy (non-hydrogen) atoms. The van der Waals surface area contributed by atoms with Crippen molar-refractivity contribution in [1.82, 2.24) is 0 Å². The van der Waals surface area contributed by atoms with Crippen molar-refractivity contribution in [2.75, 3.05) is 0 Å². The molecule has 0 aromatic rings. The number of rotatable bonds is 10. The molecule has 8 atom stereocenters. The van der Waals surface area contributed by atoms with Crippen molar-refractivity contribution in [2.45, 2.75) is 109 Å². The third-order valence-corrected chi connectivity index (χ3v) is 7.81. The molecule has 0 radical (unpaired) electrons. The molecule has 1 saturated heterocycles. The van der Waals surface area contributed by atoms with Crippen molar-refractivity contribution >= 4 is 5.97 Å². The number of unbranched alkanes of at least 4 members (excludes halogenated alkanes) is 3. The quantitative estimate of drug-likeness (QED) is 0.276. The molecule has 6 nitrogen and oxygen atoms in total. The van der Waals surface area contributed by atoms with E-state index in [4.69, 9.17) is 14.9 Å².